The third-order valence-electron chi connectivity index (χ3n) is 7.05. The Balaban J connectivity index is 1.45. The zero-order valence-electron chi connectivity index (χ0n) is 19.2. The largest absolute Gasteiger partial charge is 0.296 e. The lowest BCUT2D eigenvalue weighted by Crippen LogP contribution is -2.41. The molecule has 1 unspecified atom stereocenters. The van der Waals surface area contributed by atoms with Crippen LogP contribution in [0.1, 0.15) is 36.1 Å². The smallest absolute Gasteiger partial charge is 0.289 e. The van der Waals surface area contributed by atoms with Gasteiger partial charge in [0.1, 0.15) is 0 Å². The van der Waals surface area contributed by atoms with Crippen molar-refractivity contribution in [3.05, 3.63) is 97.8 Å². The lowest BCUT2D eigenvalue weighted by molar-refractivity contribution is -0.387. The fraction of sp³-hybridized carbons (Fsp3) is 0.280. The average Bonchev–Trinajstić information content (AvgIpc) is 3.62. The monoisotopic (exact) mass is 563 g/mol. The number of pyridine rings is 1. The van der Waals surface area contributed by atoms with Crippen molar-refractivity contribution in [2.45, 2.75) is 41.8 Å². The van der Waals surface area contributed by atoms with Crippen LogP contribution in [0.5, 0.6) is 0 Å². The third kappa shape index (κ3) is 4.21. The zero-order valence-corrected chi connectivity index (χ0v) is 21.6. The average molecular weight is 564 g/mol. The first-order chi connectivity index (χ1) is 17.5. The van der Waals surface area contributed by atoms with Gasteiger partial charge in [-0.15, -0.1) is 0 Å². The summed E-state index contributed by atoms with van der Waals surface area (Å²) in [4.78, 5) is 27.8. The highest BCUT2D eigenvalue weighted by Gasteiger charge is 2.66. The summed E-state index contributed by atoms with van der Waals surface area (Å²) in [6, 6.07) is 12.9. The van der Waals surface area contributed by atoms with Crippen molar-refractivity contribution in [3.63, 3.8) is 0 Å². The summed E-state index contributed by atoms with van der Waals surface area (Å²) in [6.07, 6.45) is 1.25. The first kappa shape index (κ1) is 25.7. The molecule has 1 aromatic heterocycles. The molecule has 192 valence electrons. The van der Waals surface area contributed by atoms with E-state index in [9.17, 15) is 23.3 Å². The van der Waals surface area contributed by atoms with Gasteiger partial charge in [-0.05, 0) is 49.1 Å². The number of fused-ring (bicyclic) bond motifs is 2. The molecule has 0 bridgehead atoms. The molecule has 1 spiro atoms. The predicted octanol–water partition coefficient (Wildman–Crippen LogP) is 5.36. The number of hydrogen-bond donors (Lipinski definition) is 0. The van der Waals surface area contributed by atoms with Gasteiger partial charge in [0.15, 0.2) is 16.3 Å². The highest BCUT2D eigenvalue weighted by Crippen LogP contribution is 2.58. The van der Waals surface area contributed by atoms with Crippen LogP contribution in [0, 0.1) is 10.1 Å². The van der Waals surface area contributed by atoms with Gasteiger partial charge in [-0.25, -0.2) is 12.8 Å². The molecule has 3 aromatic rings. The van der Waals surface area contributed by atoms with Crippen LogP contribution in [-0.2, 0) is 32.4 Å². The number of hydrogen-bond acceptors (Lipinski definition) is 6. The maximum Gasteiger partial charge on any atom is 0.289 e. The van der Waals surface area contributed by atoms with Gasteiger partial charge in [0.25, 0.3) is 15.7 Å². The molecule has 1 aliphatic carbocycles. The van der Waals surface area contributed by atoms with Crippen LogP contribution in [0.2, 0.25) is 10.0 Å². The molecule has 0 N–H and O–H groups in total. The second-order valence-corrected chi connectivity index (χ2v) is 11.8. The van der Waals surface area contributed by atoms with Crippen LogP contribution < -0.4 is 0 Å². The second-order valence-electron chi connectivity index (χ2n) is 9.13. The minimum Gasteiger partial charge on any atom is -0.296 e. The Morgan fingerprint density at radius 2 is 1.89 bits per heavy atom. The number of ketones is 1. The highest BCUT2D eigenvalue weighted by atomic mass is 35.5. The fourth-order valence-electron chi connectivity index (χ4n) is 5.05. The summed E-state index contributed by atoms with van der Waals surface area (Å²) >= 11 is 12.1. The zero-order chi connectivity index (χ0) is 26.6. The van der Waals surface area contributed by atoms with Crippen LogP contribution in [0.3, 0.4) is 0 Å². The van der Waals surface area contributed by atoms with Gasteiger partial charge in [-0.1, -0.05) is 47.5 Å². The molecule has 0 amide bonds. The minimum atomic E-state index is -4.29. The molecule has 0 saturated carbocycles. The molecule has 37 heavy (non-hydrogen) atoms. The van der Waals surface area contributed by atoms with Crippen LogP contribution in [-0.4, -0.2) is 35.0 Å². The number of benzene rings is 2. The lowest BCUT2D eigenvalue weighted by Gasteiger charge is -2.35. The molecule has 1 saturated heterocycles. The summed E-state index contributed by atoms with van der Waals surface area (Å²) in [7, 11) is -4.29. The predicted molar refractivity (Wildman–Crippen MR) is 135 cm³/mol. The number of carbonyl (C=O) groups excluding carboxylic acids is 1. The van der Waals surface area contributed by atoms with E-state index in [1.165, 1.54) is 36.5 Å². The number of alkyl halides is 1. The Morgan fingerprint density at radius 3 is 2.62 bits per heavy atom. The van der Waals surface area contributed by atoms with Crippen molar-refractivity contribution in [2.75, 3.05) is 6.54 Å². The van der Waals surface area contributed by atoms with Gasteiger partial charge < -0.3 is 0 Å². The van der Waals surface area contributed by atoms with Gasteiger partial charge in [-0.3, -0.25) is 19.9 Å². The van der Waals surface area contributed by atoms with Crippen LogP contribution >= 0.6 is 23.2 Å². The van der Waals surface area contributed by atoms with E-state index in [1.807, 2.05) is 0 Å². The maximum atomic E-state index is 16.4. The van der Waals surface area contributed by atoms with E-state index in [4.69, 9.17) is 23.2 Å². The van der Waals surface area contributed by atoms with Crippen LogP contribution in [0.15, 0.2) is 65.7 Å². The number of halogens is 3. The first-order valence-corrected chi connectivity index (χ1v) is 13.6. The highest BCUT2D eigenvalue weighted by molar-refractivity contribution is 7.89. The van der Waals surface area contributed by atoms with Crippen molar-refractivity contribution in [3.8, 4) is 0 Å². The maximum absolute atomic E-state index is 16.4. The molecular weight excluding hydrogens is 544 g/mol. The van der Waals surface area contributed by atoms with Gasteiger partial charge in [0, 0.05) is 40.8 Å². The SMILES string of the molecule is O=C(CCc1ccc(Cl)cc1Cl)[C@]1(F)CC[C@@]2(CN2S(=O)(=O)c2ccccc2[N+](=O)[O-])c2ncccc21. The summed E-state index contributed by atoms with van der Waals surface area (Å²) < 4.78 is 44.4. The summed E-state index contributed by atoms with van der Waals surface area (Å²) in [5.41, 5.74) is -3.24. The van der Waals surface area contributed by atoms with Gasteiger partial charge in [0.05, 0.1) is 16.2 Å². The van der Waals surface area contributed by atoms with Gasteiger partial charge in [-0.2, -0.15) is 4.31 Å². The molecule has 2 aromatic carbocycles. The summed E-state index contributed by atoms with van der Waals surface area (Å²) in [5.74, 6) is -0.656. The van der Waals surface area contributed by atoms with E-state index < -0.39 is 42.5 Å². The standard InChI is InChI=1S/C25H20Cl2FN3O5S/c26-17-9-7-16(19(27)14-17)8-10-22(32)25(28)12-11-24(23-18(25)4-3-13-29-23)15-30(24)37(35,36)21-6-2-1-5-20(21)31(33)34/h1-7,9,13-14H,8,10-12,15H2/t24-,25+,30?/m1/s1. The number of rotatable bonds is 7. The van der Waals surface area contributed by atoms with Crippen LogP contribution in [0.25, 0.3) is 0 Å². The molecule has 3 atom stereocenters. The molecule has 0 radical (unpaired) electrons. The van der Waals surface area contributed by atoms with Crippen molar-refractivity contribution in [2.24, 2.45) is 0 Å². The van der Waals surface area contributed by atoms with Gasteiger partial charge in [0.2, 0.25) is 0 Å². The van der Waals surface area contributed by atoms with E-state index in [0.29, 0.717) is 15.6 Å². The number of sulfonamides is 1. The van der Waals surface area contributed by atoms with Crippen molar-refractivity contribution >= 4 is 44.7 Å². The number of para-hydroxylation sites is 1. The molecule has 12 heteroatoms. The number of carbonyl (C=O) groups is 1. The number of nitro groups is 1. The Kier molecular flexibility index (Phi) is 6.34. The molecular formula is C25H20Cl2FN3O5S. The van der Waals surface area contributed by atoms with Crippen molar-refractivity contribution in [1.29, 1.82) is 0 Å². The fourth-order valence-corrected chi connectivity index (χ4v) is 7.47. The molecule has 1 aliphatic heterocycles. The number of aromatic nitrogens is 1. The summed E-state index contributed by atoms with van der Waals surface area (Å²) in [5, 5.41) is 12.3. The molecule has 2 aliphatic rings. The van der Waals surface area contributed by atoms with Gasteiger partial charge >= 0.3 is 0 Å². The molecule has 1 fully saturated rings. The third-order valence-corrected chi connectivity index (χ3v) is 9.59. The Morgan fingerprint density at radius 1 is 1.14 bits per heavy atom. The first-order valence-electron chi connectivity index (χ1n) is 11.4. The molecule has 5 rings (SSSR count). The van der Waals surface area contributed by atoms with Crippen molar-refractivity contribution in [1.82, 2.24) is 9.29 Å². The van der Waals surface area contributed by atoms with E-state index in [2.05, 4.69) is 4.98 Å². The quantitative estimate of drug-likeness (QED) is 0.217. The number of Topliss-reactive ketones (excluding diaryl/α,β-unsaturated/α-hetero) is 1. The Bertz CT molecular complexity index is 1550. The van der Waals surface area contributed by atoms with E-state index in [1.54, 1.807) is 18.2 Å². The summed E-state index contributed by atoms with van der Waals surface area (Å²) in [6.45, 7) is -0.0178. The Labute approximate surface area is 222 Å². The van der Waals surface area contributed by atoms with Crippen molar-refractivity contribution < 1.29 is 22.5 Å². The normalized spacial score (nSPS) is 24.5. The van der Waals surface area contributed by atoms with E-state index in [-0.39, 0.29) is 43.5 Å². The minimum absolute atomic E-state index is 0.000809. The Hall–Kier alpha value is -2.92. The topological polar surface area (TPSA) is 110 Å². The van der Waals surface area contributed by atoms with Crippen LogP contribution in [0.4, 0.5) is 10.1 Å². The van der Waals surface area contributed by atoms with E-state index >= 15 is 4.39 Å². The van der Waals surface area contributed by atoms with E-state index in [0.717, 1.165) is 10.4 Å². The number of nitrogens with zero attached hydrogens (tertiary/aromatic N) is 3. The second kappa shape index (κ2) is 9.13. The number of nitro benzene ring substituents is 1. The lowest BCUT2D eigenvalue weighted by atomic mass is 9.74. The molecule has 2 heterocycles. The number of aryl methyl sites for hydroxylation is 1. The molecule has 8 nitrogen and oxygen atoms in total.